The Morgan fingerprint density at radius 1 is 1.11 bits per heavy atom. The molecule has 0 radical (unpaired) electrons. The Hall–Kier alpha value is -1.53. The average Bonchev–Trinajstić information content (AvgIpc) is 2.83. The van der Waals surface area contributed by atoms with Gasteiger partial charge in [0.2, 0.25) is 10.0 Å². The van der Waals surface area contributed by atoms with Crippen molar-refractivity contribution in [2.45, 2.75) is 13.0 Å². The number of hydrogen-bond donors (Lipinski definition) is 2. The molecule has 0 aliphatic carbocycles. The highest BCUT2D eigenvalue weighted by Crippen LogP contribution is 2.28. The van der Waals surface area contributed by atoms with Crippen LogP contribution in [-0.2, 0) is 10.0 Å². The highest BCUT2D eigenvalue weighted by atomic mass is 32.2. The molecule has 0 aliphatic heterocycles. The lowest BCUT2D eigenvalue weighted by molar-refractivity contribution is 0.607. The topological polar surface area (TPSA) is 58.2 Å². The van der Waals surface area contributed by atoms with Crippen LogP contribution in [0, 0.1) is 0 Å². The van der Waals surface area contributed by atoms with E-state index in [1.807, 2.05) is 30.5 Å². The van der Waals surface area contributed by atoms with Crippen molar-refractivity contribution in [1.29, 1.82) is 0 Å². The van der Waals surface area contributed by atoms with E-state index in [4.69, 9.17) is 0 Å². The van der Waals surface area contributed by atoms with Gasteiger partial charge in [-0.15, -0.1) is 11.3 Å². The van der Waals surface area contributed by atoms with E-state index in [0.717, 1.165) is 11.9 Å². The van der Waals surface area contributed by atoms with E-state index in [1.165, 1.54) is 4.88 Å². The maximum atomic E-state index is 11.3. The molecule has 1 unspecified atom stereocenters. The highest BCUT2D eigenvalue weighted by molar-refractivity contribution is 7.92. The van der Waals surface area contributed by atoms with Gasteiger partial charge in [-0.2, -0.15) is 0 Å². The quantitative estimate of drug-likeness (QED) is 0.890. The van der Waals surface area contributed by atoms with Gasteiger partial charge < -0.3 is 5.32 Å². The van der Waals surface area contributed by atoms with Crippen LogP contribution in [0.5, 0.6) is 0 Å². The molecule has 0 saturated heterocycles. The van der Waals surface area contributed by atoms with Crippen LogP contribution in [0.4, 0.5) is 11.4 Å². The van der Waals surface area contributed by atoms with E-state index in [2.05, 4.69) is 16.1 Å². The molecular formula is C13H16N2O2S2. The average molecular weight is 296 g/mol. The van der Waals surface area contributed by atoms with Gasteiger partial charge in [-0.1, -0.05) is 18.2 Å². The van der Waals surface area contributed by atoms with Crippen LogP contribution in [0.2, 0.25) is 0 Å². The van der Waals surface area contributed by atoms with Gasteiger partial charge in [0.25, 0.3) is 0 Å². The molecule has 1 aromatic carbocycles. The summed E-state index contributed by atoms with van der Waals surface area (Å²) in [6, 6.07) is 11.4. The third-order valence-corrected chi connectivity index (χ3v) is 4.21. The smallest absolute Gasteiger partial charge is 0.229 e. The third kappa shape index (κ3) is 3.97. The molecule has 0 spiro atoms. The maximum absolute atomic E-state index is 11.3. The van der Waals surface area contributed by atoms with Crippen molar-refractivity contribution in [3.8, 4) is 0 Å². The van der Waals surface area contributed by atoms with Gasteiger partial charge in [-0.25, -0.2) is 8.42 Å². The van der Waals surface area contributed by atoms with Crippen molar-refractivity contribution >= 4 is 32.7 Å². The number of benzene rings is 1. The van der Waals surface area contributed by atoms with Crippen LogP contribution in [0.25, 0.3) is 0 Å². The Balaban J connectivity index is 2.21. The molecule has 0 saturated carbocycles. The minimum absolute atomic E-state index is 0.127. The number of sulfonamides is 1. The second-order valence-electron chi connectivity index (χ2n) is 4.30. The number of thiophene rings is 1. The molecule has 0 bridgehead atoms. The Bertz CT molecular complexity index is 636. The van der Waals surface area contributed by atoms with Gasteiger partial charge in [0.15, 0.2) is 0 Å². The second-order valence-corrected chi connectivity index (χ2v) is 7.03. The fourth-order valence-electron chi connectivity index (χ4n) is 1.74. The Labute approximate surface area is 117 Å². The van der Waals surface area contributed by atoms with Gasteiger partial charge >= 0.3 is 0 Å². The first-order chi connectivity index (χ1) is 8.96. The fraction of sp³-hybridized carbons (Fsp3) is 0.231. The fourth-order valence-corrected chi connectivity index (χ4v) is 3.05. The van der Waals surface area contributed by atoms with Crippen molar-refractivity contribution in [3.63, 3.8) is 0 Å². The third-order valence-electron chi connectivity index (χ3n) is 2.56. The lowest BCUT2D eigenvalue weighted by Gasteiger charge is -2.17. The summed E-state index contributed by atoms with van der Waals surface area (Å²) in [6.07, 6.45) is 1.15. The predicted molar refractivity (Wildman–Crippen MR) is 81.3 cm³/mol. The van der Waals surface area contributed by atoms with Gasteiger partial charge in [0.1, 0.15) is 0 Å². The van der Waals surface area contributed by atoms with E-state index in [9.17, 15) is 8.42 Å². The SMILES string of the molecule is CC(Nc1ccccc1NS(C)(=O)=O)c1cccs1. The summed E-state index contributed by atoms with van der Waals surface area (Å²) in [4.78, 5) is 1.20. The Kier molecular flexibility index (Phi) is 4.11. The van der Waals surface area contributed by atoms with Crippen LogP contribution in [0.15, 0.2) is 41.8 Å². The van der Waals surface area contributed by atoms with Crippen LogP contribution >= 0.6 is 11.3 Å². The Morgan fingerprint density at radius 2 is 1.79 bits per heavy atom. The van der Waals surface area contributed by atoms with Crippen molar-refractivity contribution < 1.29 is 8.42 Å². The molecule has 0 amide bonds. The molecule has 1 heterocycles. The second kappa shape index (κ2) is 5.63. The predicted octanol–water partition coefficient (Wildman–Crippen LogP) is 3.29. The molecule has 1 aromatic heterocycles. The first-order valence-corrected chi connectivity index (χ1v) is 8.59. The molecule has 2 N–H and O–H groups in total. The van der Waals surface area contributed by atoms with Crippen molar-refractivity contribution in [3.05, 3.63) is 46.7 Å². The van der Waals surface area contributed by atoms with Gasteiger partial charge in [-0.3, -0.25) is 4.72 Å². The van der Waals surface area contributed by atoms with E-state index in [1.54, 1.807) is 23.5 Å². The van der Waals surface area contributed by atoms with Crippen LogP contribution in [0.3, 0.4) is 0 Å². The highest BCUT2D eigenvalue weighted by Gasteiger charge is 2.11. The summed E-state index contributed by atoms with van der Waals surface area (Å²) in [5.41, 5.74) is 1.34. The van der Waals surface area contributed by atoms with E-state index in [0.29, 0.717) is 5.69 Å². The number of para-hydroxylation sites is 2. The molecule has 0 aliphatic rings. The van der Waals surface area contributed by atoms with Crippen molar-refractivity contribution in [1.82, 2.24) is 0 Å². The van der Waals surface area contributed by atoms with Crippen LogP contribution < -0.4 is 10.0 Å². The molecule has 0 fully saturated rings. The summed E-state index contributed by atoms with van der Waals surface area (Å²) in [7, 11) is -3.28. The number of nitrogens with one attached hydrogen (secondary N) is 2. The summed E-state index contributed by atoms with van der Waals surface area (Å²) in [5, 5.41) is 5.34. The zero-order chi connectivity index (χ0) is 13.9. The van der Waals surface area contributed by atoms with E-state index >= 15 is 0 Å². The van der Waals surface area contributed by atoms with Gasteiger partial charge in [0, 0.05) is 4.88 Å². The molecule has 2 rings (SSSR count). The zero-order valence-corrected chi connectivity index (χ0v) is 12.4. The lowest BCUT2D eigenvalue weighted by Crippen LogP contribution is -2.13. The minimum atomic E-state index is -3.28. The molecule has 19 heavy (non-hydrogen) atoms. The van der Waals surface area contributed by atoms with Crippen molar-refractivity contribution in [2.75, 3.05) is 16.3 Å². The maximum Gasteiger partial charge on any atom is 0.229 e. The zero-order valence-electron chi connectivity index (χ0n) is 10.8. The lowest BCUT2D eigenvalue weighted by atomic mass is 10.2. The Morgan fingerprint density at radius 3 is 2.37 bits per heavy atom. The number of anilines is 2. The van der Waals surface area contributed by atoms with Gasteiger partial charge in [-0.05, 0) is 30.5 Å². The summed E-state index contributed by atoms with van der Waals surface area (Å²) >= 11 is 1.67. The normalized spacial score (nSPS) is 12.9. The minimum Gasteiger partial charge on any atom is -0.376 e. The van der Waals surface area contributed by atoms with Crippen molar-refractivity contribution in [2.24, 2.45) is 0 Å². The summed E-state index contributed by atoms with van der Waals surface area (Å²) in [6.45, 7) is 2.04. The first kappa shape index (κ1) is 13.9. The molecule has 4 nitrogen and oxygen atoms in total. The monoisotopic (exact) mass is 296 g/mol. The molecule has 2 aromatic rings. The number of hydrogen-bond acceptors (Lipinski definition) is 4. The van der Waals surface area contributed by atoms with Gasteiger partial charge in [0.05, 0.1) is 23.7 Å². The standard InChI is InChI=1S/C13H16N2O2S2/c1-10(13-8-5-9-18-13)14-11-6-3-4-7-12(11)15-19(2,16)17/h3-10,14-15H,1-2H3. The molecular weight excluding hydrogens is 280 g/mol. The largest absolute Gasteiger partial charge is 0.376 e. The van der Waals surface area contributed by atoms with Crippen LogP contribution in [0.1, 0.15) is 17.8 Å². The molecule has 6 heteroatoms. The summed E-state index contributed by atoms with van der Waals surface area (Å²) in [5.74, 6) is 0. The number of rotatable bonds is 5. The van der Waals surface area contributed by atoms with E-state index < -0.39 is 10.0 Å². The molecule has 1 atom stereocenters. The first-order valence-electron chi connectivity index (χ1n) is 5.82. The van der Waals surface area contributed by atoms with Crippen LogP contribution in [-0.4, -0.2) is 14.7 Å². The molecule has 102 valence electrons. The van der Waals surface area contributed by atoms with E-state index in [-0.39, 0.29) is 6.04 Å². The summed E-state index contributed by atoms with van der Waals surface area (Å²) < 4.78 is 25.2.